The molecule has 4 heteroatoms. The van der Waals surface area contributed by atoms with Crippen molar-refractivity contribution < 1.29 is 14.3 Å². The molecule has 0 aliphatic heterocycles. The molecule has 0 saturated heterocycles. The molecule has 0 atom stereocenters. The molecule has 1 aromatic rings. The highest BCUT2D eigenvalue weighted by molar-refractivity contribution is 6.27. The first kappa shape index (κ1) is 12.7. The number of aryl methyl sites for hydroxylation is 1. The Morgan fingerprint density at radius 2 is 1.88 bits per heavy atom. The summed E-state index contributed by atoms with van der Waals surface area (Å²) in [6, 6.07) is 7.00. The maximum atomic E-state index is 11.1. The second-order valence-corrected chi connectivity index (χ2v) is 3.63. The van der Waals surface area contributed by atoms with Gasteiger partial charge < -0.3 is 4.74 Å². The van der Waals surface area contributed by atoms with Crippen LogP contribution in [0.1, 0.15) is 22.3 Å². The van der Waals surface area contributed by atoms with Crippen molar-refractivity contribution in [1.29, 1.82) is 0 Å². The third kappa shape index (κ3) is 3.66. The highest BCUT2D eigenvalue weighted by atomic mass is 35.5. The summed E-state index contributed by atoms with van der Waals surface area (Å²) in [5, 5.41) is 0. The molecule has 0 aromatic heterocycles. The zero-order chi connectivity index (χ0) is 12.0. The minimum atomic E-state index is -0.358. The maximum Gasteiger partial charge on any atom is 0.337 e. The Labute approximate surface area is 99.4 Å². The molecule has 0 saturated carbocycles. The van der Waals surface area contributed by atoms with Crippen molar-refractivity contribution in [2.45, 2.75) is 12.8 Å². The SMILES string of the molecule is COC(=O)c1ccc(CCC(=O)CCl)cc1. The van der Waals surface area contributed by atoms with Crippen LogP contribution in [0.4, 0.5) is 0 Å². The molecule has 0 aliphatic carbocycles. The van der Waals surface area contributed by atoms with Gasteiger partial charge in [0.15, 0.2) is 0 Å². The topological polar surface area (TPSA) is 43.4 Å². The first-order chi connectivity index (χ1) is 7.67. The summed E-state index contributed by atoms with van der Waals surface area (Å²) in [5.74, 6) is -0.276. The molecule has 86 valence electrons. The molecule has 0 amide bonds. The molecule has 1 rings (SSSR count). The average Bonchev–Trinajstić information content (AvgIpc) is 2.35. The number of esters is 1. The Kier molecular flexibility index (Phi) is 4.99. The fourth-order valence-electron chi connectivity index (χ4n) is 1.28. The molecule has 0 fully saturated rings. The van der Waals surface area contributed by atoms with Gasteiger partial charge in [-0.1, -0.05) is 12.1 Å². The van der Waals surface area contributed by atoms with Crippen LogP contribution in [-0.2, 0) is 16.0 Å². The van der Waals surface area contributed by atoms with Gasteiger partial charge in [-0.2, -0.15) is 0 Å². The van der Waals surface area contributed by atoms with E-state index in [9.17, 15) is 9.59 Å². The zero-order valence-electron chi connectivity index (χ0n) is 9.03. The highest BCUT2D eigenvalue weighted by Gasteiger charge is 2.05. The summed E-state index contributed by atoms with van der Waals surface area (Å²) >= 11 is 5.39. The number of carbonyl (C=O) groups is 2. The van der Waals surface area contributed by atoms with Crippen LogP contribution >= 0.6 is 11.6 Å². The van der Waals surface area contributed by atoms with Gasteiger partial charge in [-0.25, -0.2) is 4.79 Å². The molecule has 0 bridgehead atoms. The Morgan fingerprint density at radius 3 is 2.38 bits per heavy atom. The monoisotopic (exact) mass is 240 g/mol. The van der Waals surface area contributed by atoms with Gasteiger partial charge >= 0.3 is 5.97 Å². The number of hydrogen-bond donors (Lipinski definition) is 0. The Morgan fingerprint density at radius 1 is 1.25 bits per heavy atom. The van der Waals surface area contributed by atoms with Crippen molar-refractivity contribution in [3.05, 3.63) is 35.4 Å². The summed E-state index contributed by atoms with van der Waals surface area (Å²) in [4.78, 5) is 22.1. The summed E-state index contributed by atoms with van der Waals surface area (Å²) in [6.07, 6.45) is 1.08. The van der Waals surface area contributed by atoms with Crippen molar-refractivity contribution in [2.24, 2.45) is 0 Å². The van der Waals surface area contributed by atoms with Crippen molar-refractivity contribution in [3.8, 4) is 0 Å². The van der Waals surface area contributed by atoms with Crippen LogP contribution in [0, 0.1) is 0 Å². The first-order valence-corrected chi connectivity index (χ1v) is 5.45. The van der Waals surface area contributed by atoms with Gasteiger partial charge in [0, 0.05) is 6.42 Å². The second kappa shape index (κ2) is 6.28. The molecule has 0 aliphatic rings. The van der Waals surface area contributed by atoms with Crippen molar-refractivity contribution in [2.75, 3.05) is 13.0 Å². The van der Waals surface area contributed by atoms with Crippen LogP contribution in [0.25, 0.3) is 0 Å². The number of alkyl halides is 1. The Hall–Kier alpha value is -1.35. The number of Topliss-reactive ketones (excluding diaryl/α,β-unsaturated/α-hetero) is 1. The van der Waals surface area contributed by atoms with Gasteiger partial charge in [0.1, 0.15) is 5.78 Å². The molecule has 0 unspecified atom stereocenters. The van der Waals surface area contributed by atoms with Gasteiger partial charge in [0.25, 0.3) is 0 Å². The minimum Gasteiger partial charge on any atom is -0.465 e. The molecule has 1 aromatic carbocycles. The van der Waals surface area contributed by atoms with Crippen LogP contribution in [0.5, 0.6) is 0 Å². The van der Waals surface area contributed by atoms with Crippen LogP contribution in [-0.4, -0.2) is 24.7 Å². The molecule has 0 spiro atoms. The van der Waals surface area contributed by atoms with Gasteiger partial charge in [-0.3, -0.25) is 4.79 Å². The van der Waals surface area contributed by atoms with Crippen LogP contribution in [0.3, 0.4) is 0 Å². The average molecular weight is 241 g/mol. The van der Waals surface area contributed by atoms with Gasteiger partial charge in [-0.15, -0.1) is 11.6 Å². The smallest absolute Gasteiger partial charge is 0.337 e. The first-order valence-electron chi connectivity index (χ1n) is 4.92. The summed E-state index contributed by atoms with van der Waals surface area (Å²) in [7, 11) is 1.34. The lowest BCUT2D eigenvalue weighted by molar-refractivity contribution is -0.116. The van der Waals surface area contributed by atoms with E-state index in [0.29, 0.717) is 18.4 Å². The minimum absolute atomic E-state index is 0.0266. The predicted octanol–water partition coefficient (Wildman–Crippen LogP) is 2.21. The van der Waals surface area contributed by atoms with E-state index in [1.54, 1.807) is 12.1 Å². The summed E-state index contributed by atoms with van der Waals surface area (Å²) in [5.41, 5.74) is 1.51. The van der Waals surface area contributed by atoms with E-state index in [2.05, 4.69) is 4.74 Å². The van der Waals surface area contributed by atoms with E-state index in [1.165, 1.54) is 7.11 Å². The second-order valence-electron chi connectivity index (χ2n) is 3.36. The number of methoxy groups -OCH3 is 1. The van der Waals surface area contributed by atoms with Crippen LogP contribution in [0.2, 0.25) is 0 Å². The van der Waals surface area contributed by atoms with E-state index in [0.717, 1.165) is 5.56 Å². The molecular weight excluding hydrogens is 228 g/mol. The van der Waals surface area contributed by atoms with Gasteiger partial charge in [0.05, 0.1) is 18.6 Å². The maximum absolute atomic E-state index is 11.1. The zero-order valence-corrected chi connectivity index (χ0v) is 9.79. The lowest BCUT2D eigenvalue weighted by Crippen LogP contribution is -2.03. The number of ether oxygens (including phenoxy) is 1. The molecule has 0 radical (unpaired) electrons. The van der Waals surface area contributed by atoms with Crippen LogP contribution in [0.15, 0.2) is 24.3 Å². The highest BCUT2D eigenvalue weighted by Crippen LogP contribution is 2.08. The quantitative estimate of drug-likeness (QED) is 0.586. The molecule has 3 nitrogen and oxygen atoms in total. The van der Waals surface area contributed by atoms with Crippen LogP contribution < -0.4 is 0 Å². The fraction of sp³-hybridized carbons (Fsp3) is 0.333. The van der Waals surface area contributed by atoms with E-state index < -0.39 is 0 Å². The van der Waals surface area contributed by atoms with Gasteiger partial charge in [-0.05, 0) is 24.1 Å². The number of hydrogen-bond acceptors (Lipinski definition) is 3. The number of ketones is 1. The summed E-state index contributed by atoms with van der Waals surface area (Å²) in [6.45, 7) is 0. The molecule has 0 heterocycles. The van der Waals surface area contributed by atoms with E-state index in [4.69, 9.17) is 11.6 Å². The fourth-order valence-corrected chi connectivity index (χ4v) is 1.41. The van der Waals surface area contributed by atoms with Gasteiger partial charge in [0.2, 0.25) is 0 Å². The number of benzene rings is 1. The Bertz CT molecular complexity index is 370. The third-order valence-corrected chi connectivity index (χ3v) is 2.51. The molecule has 0 N–H and O–H groups in total. The Balaban J connectivity index is 2.58. The molecular formula is C12H13ClO3. The number of rotatable bonds is 5. The van der Waals surface area contributed by atoms with Crippen molar-refractivity contribution in [3.63, 3.8) is 0 Å². The van der Waals surface area contributed by atoms with Crippen molar-refractivity contribution >= 4 is 23.4 Å². The number of halogens is 1. The normalized spacial score (nSPS) is 9.88. The largest absolute Gasteiger partial charge is 0.465 e. The summed E-state index contributed by atoms with van der Waals surface area (Å²) < 4.78 is 4.58. The predicted molar refractivity (Wildman–Crippen MR) is 61.8 cm³/mol. The molecule has 16 heavy (non-hydrogen) atoms. The van der Waals surface area contributed by atoms with E-state index in [-0.39, 0.29) is 17.6 Å². The van der Waals surface area contributed by atoms with Crippen molar-refractivity contribution in [1.82, 2.24) is 0 Å². The van der Waals surface area contributed by atoms with E-state index >= 15 is 0 Å². The third-order valence-electron chi connectivity index (χ3n) is 2.22. The number of carbonyl (C=O) groups excluding carboxylic acids is 2. The standard InChI is InChI=1S/C12H13ClO3/c1-16-12(15)10-5-2-9(3-6-10)4-7-11(14)8-13/h2-3,5-6H,4,7-8H2,1H3. The lowest BCUT2D eigenvalue weighted by Gasteiger charge is -2.02. The lowest BCUT2D eigenvalue weighted by atomic mass is 10.1. The van der Waals surface area contributed by atoms with E-state index in [1.807, 2.05) is 12.1 Å².